The summed E-state index contributed by atoms with van der Waals surface area (Å²) in [5, 5.41) is 0. The van der Waals surface area contributed by atoms with Crippen LogP contribution in [0.2, 0.25) is 19.6 Å². The van der Waals surface area contributed by atoms with Crippen LogP contribution in [-0.4, -0.2) is 38.5 Å². The first-order chi connectivity index (χ1) is 5.10. The van der Waals surface area contributed by atoms with E-state index in [-0.39, 0.29) is 0 Å². The van der Waals surface area contributed by atoms with E-state index in [2.05, 4.69) is 0 Å². The van der Waals surface area contributed by atoms with Gasteiger partial charge >= 0.3 is 5.55 Å². The highest BCUT2D eigenvalue weighted by Gasteiger charge is 2.52. The molecular weight excluding hydrogens is 180 g/mol. The minimum atomic E-state index is -3.16. The standard InChI is InChI=1S/C7H15F2NOSi/c1-10(2)6(11)7(8,9)12(3,4)5/h1-5H3. The number of hydrogen-bond acceptors (Lipinski definition) is 1. The minimum Gasteiger partial charge on any atom is -0.344 e. The molecule has 5 heteroatoms. The Kier molecular flexibility index (Phi) is 3.00. The maximum Gasteiger partial charge on any atom is 0.303 e. The van der Waals surface area contributed by atoms with Crippen molar-refractivity contribution in [1.29, 1.82) is 0 Å². The number of rotatable bonds is 2. The number of hydrogen-bond donors (Lipinski definition) is 0. The minimum absolute atomic E-state index is 0.943. The third-order valence-corrected chi connectivity index (χ3v) is 3.71. The van der Waals surface area contributed by atoms with Gasteiger partial charge in [0, 0.05) is 14.1 Å². The molecule has 0 fully saturated rings. The fraction of sp³-hybridized carbons (Fsp3) is 0.857. The SMILES string of the molecule is CN(C)C(=O)C(F)(F)[Si](C)(C)C. The second-order valence-electron chi connectivity index (χ2n) is 4.02. The molecule has 0 atom stereocenters. The summed E-state index contributed by atoms with van der Waals surface area (Å²) in [6.07, 6.45) is 0. The van der Waals surface area contributed by atoms with Gasteiger partial charge in [-0.3, -0.25) is 4.79 Å². The molecule has 0 aliphatic rings. The molecule has 0 aromatic rings. The summed E-state index contributed by atoms with van der Waals surface area (Å²) in [7, 11) is -0.0480. The molecule has 0 aromatic heterocycles. The average molecular weight is 195 g/mol. The molecule has 2 nitrogen and oxygen atoms in total. The second kappa shape index (κ2) is 3.12. The number of alkyl halides is 2. The molecule has 0 aliphatic carbocycles. The molecule has 12 heavy (non-hydrogen) atoms. The summed E-state index contributed by atoms with van der Waals surface area (Å²) in [6.45, 7) is 4.44. The highest BCUT2D eigenvalue weighted by atomic mass is 28.3. The van der Waals surface area contributed by atoms with E-state index in [1.54, 1.807) is 0 Å². The first-order valence-electron chi connectivity index (χ1n) is 3.70. The maximum atomic E-state index is 13.2. The van der Waals surface area contributed by atoms with Crippen molar-refractivity contribution < 1.29 is 13.6 Å². The summed E-state index contributed by atoms with van der Waals surface area (Å²) >= 11 is 0. The third-order valence-electron chi connectivity index (χ3n) is 1.62. The second-order valence-corrected chi connectivity index (χ2v) is 9.15. The van der Waals surface area contributed by atoms with Gasteiger partial charge in [-0.25, -0.2) is 8.78 Å². The lowest BCUT2D eigenvalue weighted by molar-refractivity contribution is -0.145. The van der Waals surface area contributed by atoms with Gasteiger partial charge in [-0.05, 0) is 0 Å². The lowest BCUT2D eigenvalue weighted by atomic mass is 10.6. The van der Waals surface area contributed by atoms with Crippen LogP contribution in [0.5, 0.6) is 0 Å². The zero-order valence-corrected chi connectivity index (χ0v) is 9.11. The van der Waals surface area contributed by atoms with Gasteiger partial charge in [-0.2, -0.15) is 0 Å². The van der Waals surface area contributed by atoms with E-state index in [4.69, 9.17) is 0 Å². The first kappa shape index (κ1) is 11.5. The Hall–Kier alpha value is -0.453. The molecule has 0 saturated carbocycles. The van der Waals surface area contributed by atoms with Gasteiger partial charge in [0.1, 0.15) is 8.07 Å². The summed E-state index contributed by atoms with van der Waals surface area (Å²) in [6, 6.07) is 0. The first-order valence-corrected chi connectivity index (χ1v) is 7.20. The van der Waals surface area contributed by atoms with Crippen LogP contribution in [0, 0.1) is 0 Å². The fourth-order valence-electron chi connectivity index (χ4n) is 0.602. The van der Waals surface area contributed by atoms with Crippen LogP contribution in [0.15, 0.2) is 0 Å². The van der Waals surface area contributed by atoms with Crippen molar-refractivity contribution in [2.24, 2.45) is 0 Å². The molecular formula is C7H15F2NOSi. The maximum absolute atomic E-state index is 13.2. The van der Waals surface area contributed by atoms with Crippen LogP contribution in [0.25, 0.3) is 0 Å². The molecule has 0 spiro atoms. The van der Waals surface area contributed by atoms with Crippen LogP contribution in [0.4, 0.5) is 8.78 Å². The van der Waals surface area contributed by atoms with Gasteiger partial charge in [-0.15, -0.1) is 0 Å². The van der Waals surface area contributed by atoms with E-state index in [1.165, 1.54) is 33.7 Å². The average Bonchev–Trinajstić information content (AvgIpc) is 1.83. The number of nitrogens with zero attached hydrogens (tertiary/aromatic N) is 1. The molecule has 0 N–H and O–H groups in total. The van der Waals surface area contributed by atoms with Gasteiger partial charge in [0.15, 0.2) is 0 Å². The van der Waals surface area contributed by atoms with Gasteiger partial charge in [0.05, 0.1) is 0 Å². The highest BCUT2D eigenvalue weighted by molar-refractivity contribution is 6.81. The molecule has 0 saturated heterocycles. The van der Waals surface area contributed by atoms with Crippen molar-refractivity contribution in [3.8, 4) is 0 Å². The Balaban J connectivity index is 4.74. The van der Waals surface area contributed by atoms with Gasteiger partial charge in [0.2, 0.25) is 0 Å². The van der Waals surface area contributed by atoms with Gasteiger partial charge in [-0.1, -0.05) is 19.6 Å². The van der Waals surface area contributed by atoms with E-state index < -0.39 is 19.5 Å². The van der Waals surface area contributed by atoms with E-state index in [0.29, 0.717) is 0 Å². The fourth-order valence-corrected chi connectivity index (χ4v) is 1.47. The lowest BCUT2D eigenvalue weighted by Gasteiger charge is -2.29. The third kappa shape index (κ3) is 2.03. The van der Waals surface area contributed by atoms with Crippen LogP contribution < -0.4 is 0 Å². The Labute approximate surface area is 72.6 Å². The Morgan fingerprint density at radius 1 is 1.25 bits per heavy atom. The van der Waals surface area contributed by atoms with Crippen LogP contribution in [0.3, 0.4) is 0 Å². The van der Waals surface area contributed by atoms with E-state index in [1.807, 2.05) is 0 Å². The van der Waals surface area contributed by atoms with E-state index in [9.17, 15) is 13.6 Å². The number of amides is 1. The van der Waals surface area contributed by atoms with Crippen LogP contribution in [-0.2, 0) is 4.79 Å². The van der Waals surface area contributed by atoms with Crippen molar-refractivity contribution >= 4 is 14.0 Å². The molecule has 0 heterocycles. The summed E-state index contributed by atoms with van der Waals surface area (Å²) in [5.74, 6) is -1.08. The lowest BCUT2D eigenvalue weighted by Crippen LogP contribution is -2.55. The van der Waals surface area contributed by atoms with E-state index >= 15 is 0 Å². The molecule has 1 amide bonds. The number of halogens is 2. The largest absolute Gasteiger partial charge is 0.344 e. The Bertz CT molecular complexity index is 186. The smallest absolute Gasteiger partial charge is 0.303 e. The normalized spacial score (nSPS) is 12.9. The summed E-state index contributed by atoms with van der Waals surface area (Å²) in [5.41, 5.74) is -3.16. The molecule has 0 unspecified atom stereocenters. The zero-order chi connectivity index (χ0) is 10.2. The molecule has 0 bridgehead atoms. The van der Waals surface area contributed by atoms with Crippen LogP contribution in [0.1, 0.15) is 0 Å². The summed E-state index contributed by atoms with van der Waals surface area (Å²) < 4.78 is 26.5. The molecule has 0 radical (unpaired) electrons. The van der Waals surface area contributed by atoms with Crippen molar-refractivity contribution in [3.05, 3.63) is 0 Å². The Morgan fingerprint density at radius 2 is 1.58 bits per heavy atom. The van der Waals surface area contributed by atoms with Gasteiger partial charge < -0.3 is 4.90 Å². The summed E-state index contributed by atoms with van der Waals surface area (Å²) in [4.78, 5) is 12.0. The van der Waals surface area contributed by atoms with Crippen molar-refractivity contribution in [1.82, 2.24) is 4.90 Å². The predicted octanol–water partition coefficient (Wildman–Crippen LogP) is 1.59. The predicted molar refractivity (Wildman–Crippen MR) is 47.0 cm³/mol. The highest BCUT2D eigenvalue weighted by Crippen LogP contribution is 2.28. The van der Waals surface area contributed by atoms with Crippen molar-refractivity contribution in [2.45, 2.75) is 25.2 Å². The Morgan fingerprint density at radius 3 is 1.67 bits per heavy atom. The number of carbonyl (C=O) groups excluding carboxylic acids is 1. The van der Waals surface area contributed by atoms with Crippen LogP contribution >= 0.6 is 0 Å². The number of carbonyl (C=O) groups is 1. The molecule has 0 rings (SSSR count). The molecule has 0 aliphatic heterocycles. The molecule has 72 valence electrons. The van der Waals surface area contributed by atoms with Gasteiger partial charge in [0.25, 0.3) is 5.91 Å². The molecule has 0 aromatic carbocycles. The quantitative estimate of drug-likeness (QED) is 0.613. The van der Waals surface area contributed by atoms with E-state index in [0.717, 1.165) is 4.90 Å². The zero-order valence-electron chi connectivity index (χ0n) is 8.11. The monoisotopic (exact) mass is 195 g/mol. The van der Waals surface area contributed by atoms with Crippen molar-refractivity contribution in [3.63, 3.8) is 0 Å². The van der Waals surface area contributed by atoms with Crippen molar-refractivity contribution in [2.75, 3.05) is 14.1 Å². The topological polar surface area (TPSA) is 20.3 Å².